The summed E-state index contributed by atoms with van der Waals surface area (Å²) in [5.74, 6) is 2.14. The predicted molar refractivity (Wildman–Crippen MR) is 174 cm³/mol. The molecule has 1 aliphatic carbocycles. The monoisotopic (exact) mass is 576 g/mol. The summed E-state index contributed by atoms with van der Waals surface area (Å²) in [6, 6.07) is 25.8. The molecule has 4 aromatic rings. The van der Waals surface area contributed by atoms with Gasteiger partial charge in [-0.1, -0.05) is 82.9 Å². The molecule has 0 saturated carbocycles. The van der Waals surface area contributed by atoms with Crippen molar-refractivity contribution in [1.29, 1.82) is 0 Å². The first-order valence-corrected chi connectivity index (χ1v) is 15.1. The van der Waals surface area contributed by atoms with E-state index in [1.807, 2.05) is 25.3 Å². The lowest BCUT2D eigenvalue weighted by atomic mass is 9.76. The normalized spacial score (nSPS) is 18.9. The summed E-state index contributed by atoms with van der Waals surface area (Å²) in [5.41, 5.74) is 10.5. The van der Waals surface area contributed by atoms with E-state index in [9.17, 15) is 0 Å². The summed E-state index contributed by atoms with van der Waals surface area (Å²) in [5, 5.41) is 4.33. The zero-order chi connectivity index (χ0) is 29.2. The quantitative estimate of drug-likeness (QED) is 0.168. The SMILES string of the molecule is CCOc1cc(C=Nc2ccc([C@@H]3Nc4ccc(C)cc4[C@@H]4C=CC[C@H]43)cc2)cc(Cl)c1OCc1cc(C)cc(C)c1. The van der Waals surface area contributed by atoms with Gasteiger partial charge in [-0.3, -0.25) is 4.99 Å². The third-order valence-corrected chi connectivity index (χ3v) is 8.41. The van der Waals surface area contributed by atoms with Gasteiger partial charge in [0.2, 0.25) is 0 Å². The molecule has 0 amide bonds. The van der Waals surface area contributed by atoms with Crippen molar-refractivity contribution >= 4 is 29.2 Å². The summed E-state index contributed by atoms with van der Waals surface area (Å²) < 4.78 is 12.1. The molecule has 4 nitrogen and oxygen atoms in total. The number of nitrogens with zero attached hydrogens (tertiary/aromatic N) is 1. The van der Waals surface area contributed by atoms with E-state index >= 15 is 0 Å². The molecule has 1 N–H and O–H groups in total. The second-order valence-electron chi connectivity index (χ2n) is 11.5. The van der Waals surface area contributed by atoms with E-state index in [4.69, 9.17) is 26.1 Å². The highest BCUT2D eigenvalue weighted by atomic mass is 35.5. The molecule has 2 aliphatic rings. The Balaban J connectivity index is 1.18. The Morgan fingerprint density at radius 1 is 0.905 bits per heavy atom. The molecule has 4 aromatic carbocycles. The molecule has 0 unspecified atom stereocenters. The largest absolute Gasteiger partial charge is 0.490 e. The maximum atomic E-state index is 6.70. The Kier molecular flexibility index (Phi) is 8.08. The zero-order valence-electron chi connectivity index (χ0n) is 24.7. The summed E-state index contributed by atoms with van der Waals surface area (Å²) in [6.45, 7) is 9.22. The van der Waals surface area contributed by atoms with Crippen molar-refractivity contribution < 1.29 is 9.47 Å². The van der Waals surface area contributed by atoms with Crippen LogP contribution in [0.25, 0.3) is 0 Å². The molecule has 0 spiro atoms. The van der Waals surface area contributed by atoms with Crippen molar-refractivity contribution in [2.75, 3.05) is 11.9 Å². The van der Waals surface area contributed by atoms with E-state index in [1.54, 1.807) is 0 Å². The average molecular weight is 577 g/mol. The standard InChI is InChI=1S/C37H37ClN2O2/c1-5-41-35-20-26(19-33(38)37(35)42-22-27-16-24(3)15-25(4)17-27)21-39-29-12-10-28(11-13-29)36-31-8-6-7-30(31)32-18-23(2)9-14-34(32)40-36/h6-7,9-21,30-31,36,40H,5,8,22H2,1-4H3/t30-,31-,36+/m1/s1. The van der Waals surface area contributed by atoms with Gasteiger partial charge in [0.15, 0.2) is 11.5 Å². The lowest BCUT2D eigenvalue weighted by Crippen LogP contribution is -2.29. The summed E-state index contributed by atoms with van der Waals surface area (Å²) >= 11 is 6.70. The summed E-state index contributed by atoms with van der Waals surface area (Å²) in [6.07, 6.45) is 7.63. The molecule has 0 radical (unpaired) electrons. The number of aliphatic imine (C=N–C) groups is 1. The number of hydrogen-bond donors (Lipinski definition) is 1. The summed E-state index contributed by atoms with van der Waals surface area (Å²) in [7, 11) is 0. The van der Waals surface area contributed by atoms with E-state index in [2.05, 4.69) is 98.9 Å². The Bertz CT molecular complexity index is 1640. The molecule has 1 heterocycles. The Morgan fingerprint density at radius 3 is 2.45 bits per heavy atom. The maximum Gasteiger partial charge on any atom is 0.180 e. The van der Waals surface area contributed by atoms with Gasteiger partial charge < -0.3 is 14.8 Å². The highest BCUT2D eigenvalue weighted by Crippen LogP contribution is 2.50. The van der Waals surface area contributed by atoms with Gasteiger partial charge in [-0.25, -0.2) is 0 Å². The van der Waals surface area contributed by atoms with Crippen LogP contribution in [0.4, 0.5) is 11.4 Å². The molecule has 214 valence electrons. The van der Waals surface area contributed by atoms with Gasteiger partial charge in [0.1, 0.15) is 6.61 Å². The molecular formula is C37H37ClN2O2. The van der Waals surface area contributed by atoms with Crippen LogP contribution in [0.3, 0.4) is 0 Å². The Hall–Kier alpha value is -4.02. The van der Waals surface area contributed by atoms with Crippen molar-refractivity contribution in [1.82, 2.24) is 0 Å². The highest BCUT2D eigenvalue weighted by molar-refractivity contribution is 6.32. The summed E-state index contributed by atoms with van der Waals surface area (Å²) in [4.78, 5) is 4.75. The molecule has 0 aromatic heterocycles. The minimum atomic E-state index is 0.266. The predicted octanol–water partition coefficient (Wildman–Crippen LogP) is 9.82. The molecule has 3 atom stereocenters. The highest BCUT2D eigenvalue weighted by Gasteiger charge is 2.37. The molecule has 0 fully saturated rings. The Labute approximate surface area is 254 Å². The molecule has 6 rings (SSSR count). The minimum absolute atomic E-state index is 0.266. The van der Waals surface area contributed by atoms with Gasteiger partial charge in [-0.05, 0) is 92.6 Å². The number of hydrogen-bond acceptors (Lipinski definition) is 4. The van der Waals surface area contributed by atoms with E-state index in [0.717, 1.165) is 23.2 Å². The van der Waals surface area contributed by atoms with Crippen LogP contribution in [0, 0.1) is 26.7 Å². The van der Waals surface area contributed by atoms with Crippen molar-refractivity contribution in [2.24, 2.45) is 10.9 Å². The number of fused-ring (bicyclic) bond motifs is 3. The van der Waals surface area contributed by atoms with Crippen molar-refractivity contribution in [3.05, 3.63) is 129 Å². The van der Waals surface area contributed by atoms with Crippen LogP contribution in [0.5, 0.6) is 11.5 Å². The van der Waals surface area contributed by atoms with Gasteiger partial charge in [0.25, 0.3) is 0 Å². The van der Waals surface area contributed by atoms with Crippen LogP contribution in [0.1, 0.15) is 64.2 Å². The minimum Gasteiger partial charge on any atom is -0.490 e. The number of allylic oxidation sites excluding steroid dienone is 2. The fourth-order valence-electron chi connectivity index (χ4n) is 6.33. The van der Waals surface area contributed by atoms with Crippen LogP contribution in [-0.2, 0) is 6.61 Å². The third kappa shape index (κ3) is 5.96. The number of nitrogens with one attached hydrogen (secondary N) is 1. The molecule has 1 aliphatic heterocycles. The lowest BCUT2D eigenvalue weighted by molar-refractivity contribution is 0.269. The number of anilines is 1. The topological polar surface area (TPSA) is 42.8 Å². The fourth-order valence-corrected chi connectivity index (χ4v) is 6.61. The van der Waals surface area contributed by atoms with Crippen LogP contribution < -0.4 is 14.8 Å². The number of halogens is 1. The van der Waals surface area contributed by atoms with Gasteiger partial charge in [-0.15, -0.1) is 0 Å². The van der Waals surface area contributed by atoms with E-state index in [-0.39, 0.29) is 6.04 Å². The number of ether oxygens (including phenoxy) is 2. The smallest absolute Gasteiger partial charge is 0.180 e. The second kappa shape index (κ2) is 12.1. The van der Waals surface area contributed by atoms with E-state index < -0.39 is 0 Å². The second-order valence-corrected chi connectivity index (χ2v) is 11.9. The van der Waals surface area contributed by atoms with E-state index in [0.29, 0.717) is 41.6 Å². The van der Waals surface area contributed by atoms with Crippen molar-refractivity contribution in [2.45, 2.75) is 52.7 Å². The first kappa shape index (κ1) is 28.1. The first-order valence-electron chi connectivity index (χ1n) is 14.7. The average Bonchev–Trinajstić information content (AvgIpc) is 3.46. The van der Waals surface area contributed by atoms with Crippen molar-refractivity contribution in [3.8, 4) is 11.5 Å². The lowest BCUT2D eigenvalue weighted by Gasteiger charge is -2.37. The Morgan fingerprint density at radius 2 is 1.69 bits per heavy atom. The van der Waals surface area contributed by atoms with Gasteiger partial charge >= 0.3 is 0 Å². The molecule has 0 saturated heterocycles. The van der Waals surface area contributed by atoms with Crippen LogP contribution in [-0.4, -0.2) is 12.8 Å². The number of rotatable bonds is 8. The van der Waals surface area contributed by atoms with E-state index in [1.165, 1.54) is 33.5 Å². The first-order chi connectivity index (χ1) is 20.4. The maximum absolute atomic E-state index is 6.70. The number of benzene rings is 4. The molecule has 5 heteroatoms. The van der Waals surface area contributed by atoms with Crippen LogP contribution in [0.2, 0.25) is 5.02 Å². The molecule has 0 bridgehead atoms. The van der Waals surface area contributed by atoms with Gasteiger partial charge in [0, 0.05) is 17.8 Å². The number of aryl methyl sites for hydroxylation is 3. The van der Waals surface area contributed by atoms with Crippen LogP contribution >= 0.6 is 11.6 Å². The molecule has 42 heavy (non-hydrogen) atoms. The van der Waals surface area contributed by atoms with Gasteiger partial charge in [-0.2, -0.15) is 0 Å². The van der Waals surface area contributed by atoms with Gasteiger partial charge in [0.05, 0.1) is 23.4 Å². The zero-order valence-corrected chi connectivity index (χ0v) is 25.4. The fraction of sp³-hybridized carbons (Fsp3) is 0.270. The van der Waals surface area contributed by atoms with Crippen molar-refractivity contribution in [3.63, 3.8) is 0 Å². The van der Waals surface area contributed by atoms with Crippen LogP contribution in [0.15, 0.2) is 89.9 Å². The molecular weight excluding hydrogens is 540 g/mol. The third-order valence-electron chi connectivity index (χ3n) is 8.13.